The smallest absolute Gasteiger partial charge is 0.387 e. The summed E-state index contributed by atoms with van der Waals surface area (Å²) in [5.74, 6) is 0.0897. The zero-order valence-electron chi connectivity index (χ0n) is 15.2. The number of hydrogen-bond donors (Lipinski definition) is 1. The molecule has 0 saturated heterocycles. The van der Waals surface area contributed by atoms with Crippen molar-refractivity contribution < 1.29 is 23.0 Å². The van der Waals surface area contributed by atoms with Crippen LogP contribution in [-0.2, 0) is 16.0 Å². The van der Waals surface area contributed by atoms with Gasteiger partial charge in [-0.1, -0.05) is 25.8 Å². The van der Waals surface area contributed by atoms with Crippen LogP contribution < -0.4 is 10.1 Å². The normalized spacial score (nSPS) is 21.5. The van der Waals surface area contributed by atoms with E-state index >= 15 is 0 Å². The van der Waals surface area contributed by atoms with Gasteiger partial charge in [-0.15, -0.1) is 0 Å². The number of nitrogens with one attached hydrogen (secondary N) is 1. The van der Waals surface area contributed by atoms with Gasteiger partial charge in [0.25, 0.3) is 0 Å². The van der Waals surface area contributed by atoms with Gasteiger partial charge in [-0.25, -0.2) is 0 Å². The Morgan fingerprint density at radius 2 is 2.00 bits per heavy atom. The molecule has 0 heterocycles. The van der Waals surface area contributed by atoms with Crippen molar-refractivity contribution in [2.24, 2.45) is 0 Å². The number of ether oxygens (including phenoxy) is 2. The van der Waals surface area contributed by atoms with Gasteiger partial charge < -0.3 is 14.8 Å². The fourth-order valence-electron chi connectivity index (χ4n) is 3.98. The van der Waals surface area contributed by atoms with Gasteiger partial charge in [0.15, 0.2) is 0 Å². The Kier molecular flexibility index (Phi) is 6.46. The molecule has 6 heteroatoms. The summed E-state index contributed by atoms with van der Waals surface area (Å²) >= 11 is 0. The van der Waals surface area contributed by atoms with Crippen molar-refractivity contribution in [3.8, 4) is 5.75 Å². The van der Waals surface area contributed by atoms with Crippen LogP contribution in [0.3, 0.4) is 0 Å². The van der Waals surface area contributed by atoms with Crippen LogP contribution in [0.2, 0.25) is 0 Å². The largest absolute Gasteiger partial charge is 0.435 e. The molecule has 0 aromatic heterocycles. The third kappa shape index (κ3) is 4.72. The standard InChI is InChI=1S/C20H27F2NO3/c1-2-18(25-14-7-3-4-8-14)19(24)23-17-9-5-6-13-12-15(26-20(21)22)10-11-16(13)17/h10-12,14,17-18,20H,2-9H2,1H3,(H,23,24). The van der Waals surface area contributed by atoms with Gasteiger partial charge in [0.1, 0.15) is 11.9 Å². The first-order valence-electron chi connectivity index (χ1n) is 9.60. The number of alkyl halides is 2. The first-order valence-corrected chi connectivity index (χ1v) is 9.60. The minimum absolute atomic E-state index is 0.0786. The minimum Gasteiger partial charge on any atom is -0.435 e. The summed E-state index contributed by atoms with van der Waals surface area (Å²) in [6, 6.07) is 4.89. The number of amides is 1. The van der Waals surface area contributed by atoms with Crippen molar-refractivity contribution in [3.05, 3.63) is 29.3 Å². The number of benzene rings is 1. The summed E-state index contributed by atoms with van der Waals surface area (Å²) in [6.07, 6.45) is 7.35. The summed E-state index contributed by atoms with van der Waals surface area (Å²) in [5.41, 5.74) is 1.95. The van der Waals surface area contributed by atoms with Crippen molar-refractivity contribution in [1.29, 1.82) is 0 Å². The van der Waals surface area contributed by atoms with Crippen molar-refractivity contribution in [3.63, 3.8) is 0 Å². The van der Waals surface area contributed by atoms with Gasteiger partial charge in [0, 0.05) is 0 Å². The maximum absolute atomic E-state index is 12.7. The Balaban J connectivity index is 1.65. The fraction of sp³-hybridized carbons (Fsp3) is 0.650. The van der Waals surface area contributed by atoms with Gasteiger partial charge in [-0.2, -0.15) is 8.78 Å². The van der Waals surface area contributed by atoms with Crippen LogP contribution >= 0.6 is 0 Å². The van der Waals surface area contributed by atoms with E-state index in [-0.39, 0.29) is 23.8 Å². The molecule has 1 N–H and O–H groups in total. The van der Waals surface area contributed by atoms with Crippen molar-refractivity contribution in [2.45, 2.75) is 83.2 Å². The lowest BCUT2D eigenvalue weighted by atomic mass is 9.87. The van der Waals surface area contributed by atoms with E-state index in [1.165, 1.54) is 12.8 Å². The summed E-state index contributed by atoms with van der Waals surface area (Å²) in [7, 11) is 0. The Hall–Kier alpha value is -1.69. The van der Waals surface area contributed by atoms with Gasteiger partial charge in [0.05, 0.1) is 12.1 Å². The molecule has 1 aromatic rings. The highest BCUT2D eigenvalue weighted by atomic mass is 19.3. The highest BCUT2D eigenvalue weighted by molar-refractivity contribution is 5.81. The molecule has 26 heavy (non-hydrogen) atoms. The summed E-state index contributed by atoms with van der Waals surface area (Å²) in [5, 5.41) is 3.11. The van der Waals surface area contributed by atoms with E-state index < -0.39 is 12.7 Å². The Morgan fingerprint density at radius 3 is 2.69 bits per heavy atom. The van der Waals surface area contributed by atoms with Crippen molar-refractivity contribution >= 4 is 5.91 Å². The molecule has 0 radical (unpaired) electrons. The molecule has 3 rings (SSSR count). The van der Waals surface area contributed by atoms with Crippen LogP contribution in [0.15, 0.2) is 18.2 Å². The van der Waals surface area contributed by atoms with Crippen LogP contribution in [-0.4, -0.2) is 24.7 Å². The quantitative estimate of drug-likeness (QED) is 0.771. The van der Waals surface area contributed by atoms with Crippen LogP contribution in [0.1, 0.15) is 69.0 Å². The first kappa shape index (κ1) is 19.1. The molecule has 0 bridgehead atoms. The van der Waals surface area contributed by atoms with E-state index in [9.17, 15) is 13.6 Å². The molecule has 1 amide bonds. The SMILES string of the molecule is CCC(OC1CCCC1)C(=O)NC1CCCc2cc(OC(F)F)ccc21. The fourth-order valence-corrected chi connectivity index (χ4v) is 3.98. The second kappa shape index (κ2) is 8.80. The Bertz CT molecular complexity index is 617. The predicted molar refractivity (Wildman–Crippen MR) is 94.3 cm³/mol. The Morgan fingerprint density at radius 1 is 1.23 bits per heavy atom. The number of hydrogen-bond acceptors (Lipinski definition) is 3. The molecule has 0 spiro atoms. The number of rotatable bonds is 7. The topological polar surface area (TPSA) is 47.6 Å². The van der Waals surface area contributed by atoms with E-state index in [0.717, 1.165) is 43.2 Å². The lowest BCUT2D eigenvalue weighted by molar-refractivity contribution is -0.137. The summed E-state index contributed by atoms with van der Waals surface area (Å²) < 4.78 is 35.3. The molecule has 0 aliphatic heterocycles. The first-order chi connectivity index (χ1) is 12.6. The third-order valence-corrected chi connectivity index (χ3v) is 5.29. The second-order valence-corrected chi connectivity index (χ2v) is 7.13. The molecule has 2 aliphatic carbocycles. The van der Waals surface area contributed by atoms with Crippen molar-refractivity contribution in [2.75, 3.05) is 0 Å². The van der Waals surface area contributed by atoms with Gasteiger partial charge in [-0.3, -0.25) is 4.79 Å². The number of fused-ring (bicyclic) bond motifs is 1. The molecular weight excluding hydrogens is 340 g/mol. The Labute approximate surface area is 153 Å². The highest BCUT2D eigenvalue weighted by Crippen LogP contribution is 2.33. The second-order valence-electron chi connectivity index (χ2n) is 7.13. The van der Waals surface area contributed by atoms with E-state index in [1.54, 1.807) is 18.2 Å². The molecule has 2 unspecified atom stereocenters. The van der Waals surface area contributed by atoms with E-state index in [1.807, 2.05) is 6.92 Å². The maximum Gasteiger partial charge on any atom is 0.387 e. The van der Waals surface area contributed by atoms with Crippen molar-refractivity contribution in [1.82, 2.24) is 5.32 Å². The van der Waals surface area contributed by atoms with Crippen LogP contribution in [0.25, 0.3) is 0 Å². The zero-order valence-corrected chi connectivity index (χ0v) is 15.2. The van der Waals surface area contributed by atoms with E-state index in [2.05, 4.69) is 10.1 Å². The lowest BCUT2D eigenvalue weighted by Crippen LogP contribution is -2.40. The van der Waals surface area contributed by atoms with Crippen LogP contribution in [0, 0.1) is 0 Å². The predicted octanol–water partition coefficient (Wildman–Crippen LogP) is 4.52. The van der Waals surface area contributed by atoms with E-state index in [0.29, 0.717) is 6.42 Å². The molecule has 4 nitrogen and oxygen atoms in total. The molecule has 144 valence electrons. The molecular formula is C20H27F2NO3. The number of carbonyl (C=O) groups excluding carboxylic acids is 1. The number of halogens is 2. The summed E-state index contributed by atoms with van der Waals surface area (Å²) in [4.78, 5) is 12.7. The minimum atomic E-state index is -2.83. The highest BCUT2D eigenvalue weighted by Gasteiger charge is 2.28. The average Bonchev–Trinajstić information content (AvgIpc) is 3.12. The third-order valence-electron chi connectivity index (χ3n) is 5.29. The lowest BCUT2D eigenvalue weighted by Gasteiger charge is -2.29. The molecule has 1 saturated carbocycles. The molecule has 2 atom stereocenters. The monoisotopic (exact) mass is 367 g/mol. The van der Waals surface area contributed by atoms with Gasteiger partial charge in [-0.05, 0) is 61.8 Å². The maximum atomic E-state index is 12.7. The molecule has 2 aliphatic rings. The molecule has 1 fully saturated rings. The van der Waals surface area contributed by atoms with Gasteiger partial charge in [0.2, 0.25) is 5.91 Å². The van der Waals surface area contributed by atoms with Crippen LogP contribution in [0.4, 0.5) is 8.78 Å². The number of carbonyl (C=O) groups is 1. The number of aryl methyl sites for hydroxylation is 1. The van der Waals surface area contributed by atoms with Gasteiger partial charge >= 0.3 is 6.61 Å². The zero-order chi connectivity index (χ0) is 18.5. The summed E-state index contributed by atoms with van der Waals surface area (Å²) in [6.45, 7) is -0.868. The molecule has 1 aromatic carbocycles. The van der Waals surface area contributed by atoms with E-state index in [4.69, 9.17) is 4.74 Å². The average molecular weight is 367 g/mol. The van der Waals surface area contributed by atoms with Crippen LogP contribution in [0.5, 0.6) is 5.75 Å².